The molecule has 0 fully saturated rings. The van der Waals surface area contributed by atoms with Gasteiger partial charge < -0.3 is 4.74 Å². The van der Waals surface area contributed by atoms with Gasteiger partial charge in [0.25, 0.3) is 0 Å². The summed E-state index contributed by atoms with van der Waals surface area (Å²) in [5.74, 6) is 5.58. The summed E-state index contributed by atoms with van der Waals surface area (Å²) in [6, 6.07) is 11.4. The number of hydrogen-bond donors (Lipinski definition) is 2. The van der Waals surface area contributed by atoms with Crippen LogP contribution in [0.2, 0.25) is 5.02 Å². The second-order valence-corrected chi connectivity index (χ2v) is 4.52. The molecule has 2 aromatic rings. The van der Waals surface area contributed by atoms with Gasteiger partial charge in [-0.3, -0.25) is 10.2 Å². The van der Waals surface area contributed by atoms with Crippen LogP contribution in [0.4, 0.5) is 0 Å². The third-order valence-corrected chi connectivity index (χ3v) is 3.13. The zero-order valence-corrected chi connectivity index (χ0v) is 11.1. The first kappa shape index (κ1) is 13.6. The van der Waals surface area contributed by atoms with E-state index in [9.17, 15) is 4.79 Å². The molecular weight excluding hydrogens is 264 g/mol. The van der Waals surface area contributed by atoms with Crippen molar-refractivity contribution in [1.29, 1.82) is 0 Å². The van der Waals surface area contributed by atoms with Crippen molar-refractivity contribution >= 4 is 28.3 Å². The summed E-state index contributed by atoms with van der Waals surface area (Å²) in [5.41, 5.74) is 2.09. The van der Waals surface area contributed by atoms with Gasteiger partial charge in [-0.1, -0.05) is 35.9 Å². The van der Waals surface area contributed by atoms with E-state index < -0.39 is 0 Å². The zero-order valence-electron chi connectivity index (χ0n) is 10.4. The fourth-order valence-electron chi connectivity index (χ4n) is 1.85. The van der Waals surface area contributed by atoms with Crippen LogP contribution in [0.15, 0.2) is 36.4 Å². The van der Waals surface area contributed by atoms with Gasteiger partial charge in [0.2, 0.25) is 5.91 Å². The van der Waals surface area contributed by atoms with Gasteiger partial charge >= 0.3 is 0 Å². The summed E-state index contributed by atoms with van der Waals surface area (Å²) in [7, 11) is 0. The lowest BCUT2D eigenvalue weighted by Crippen LogP contribution is -2.29. The van der Waals surface area contributed by atoms with E-state index in [1.165, 1.54) is 0 Å². The Morgan fingerprint density at radius 1 is 1.21 bits per heavy atom. The first-order valence-corrected chi connectivity index (χ1v) is 6.39. The lowest BCUT2D eigenvalue weighted by Gasteiger charge is -2.10. The lowest BCUT2D eigenvalue weighted by atomic mass is 10.1. The Morgan fingerprint density at radius 3 is 2.68 bits per heavy atom. The number of nitrogens with one attached hydrogen (secondary N) is 1. The minimum absolute atomic E-state index is 0.190. The molecule has 0 spiro atoms. The van der Waals surface area contributed by atoms with Crippen LogP contribution >= 0.6 is 11.6 Å². The van der Waals surface area contributed by atoms with Crippen molar-refractivity contribution in [3.8, 4) is 5.75 Å². The van der Waals surface area contributed by atoms with E-state index >= 15 is 0 Å². The summed E-state index contributed by atoms with van der Waals surface area (Å²) >= 11 is 6.13. The number of halogens is 1. The second kappa shape index (κ2) is 6.41. The lowest BCUT2D eigenvalue weighted by molar-refractivity contribution is -0.121. The molecule has 3 N–H and O–H groups in total. The molecule has 0 aromatic heterocycles. The van der Waals surface area contributed by atoms with Gasteiger partial charge in [0, 0.05) is 22.2 Å². The molecule has 100 valence electrons. The minimum atomic E-state index is -0.190. The molecule has 0 aliphatic heterocycles. The molecule has 1 amide bonds. The minimum Gasteiger partial charge on any atom is -0.493 e. The molecule has 0 aliphatic carbocycles. The quantitative estimate of drug-likeness (QED) is 0.382. The van der Waals surface area contributed by atoms with E-state index in [4.69, 9.17) is 22.2 Å². The zero-order chi connectivity index (χ0) is 13.7. The highest BCUT2D eigenvalue weighted by atomic mass is 35.5. The number of carbonyl (C=O) groups is 1. The fourth-order valence-corrected chi connectivity index (χ4v) is 2.08. The molecule has 4 nitrogen and oxygen atoms in total. The van der Waals surface area contributed by atoms with E-state index in [1.54, 1.807) is 0 Å². The number of ether oxygens (including phenoxy) is 1. The maximum absolute atomic E-state index is 11.0. The fraction of sp³-hybridized carbons (Fsp3) is 0.214. The molecule has 0 unspecified atom stereocenters. The van der Waals surface area contributed by atoms with Crippen LogP contribution in [0.5, 0.6) is 5.75 Å². The number of hydrazine groups is 1. The molecular formula is C14H15ClN2O2. The molecule has 0 atom stereocenters. The Morgan fingerprint density at radius 2 is 1.95 bits per heavy atom. The smallest absolute Gasteiger partial charge is 0.234 e. The maximum atomic E-state index is 11.0. The molecule has 0 heterocycles. The summed E-state index contributed by atoms with van der Waals surface area (Å²) < 4.78 is 5.69. The van der Waals surface area contributed by atoms with Crippen molar-refractivity contribution in [2.45, 2.75) is 12.8 Å². The average molecular weight is 279 g/mol. The highest BCUT2D eigenvalue weighted by Gasteiger charge is 2.05. The third kappa shape index (κ3) is 3.36. The monoisotopic (exact) mass is 278 g/mol. The summed E-state index contributed by atoms with van der Waals surface area (Å²) in [4.78, 5) is 11.0. The second-order valence-electron chi connectivity index (χ2n) is 4.11. The number of rotatable bonds is 5. The molecule has 5 heteroatoms. The van der Waals surface area contributed by atoms with Crippen molar-refractivity contribution in [2.75, 3.05) is 6.61 Å². The molecule has 0 saturated carbocycles. The Balaban J connectivity index is 2.05. The van der Waals surface area contributed by atoms with E-state index in [0.717, 1.165) is 16.5 Å². The largest absolute Gasteiger partial charge is 0.493 e. The van der Waals surface area contributed by atoms with Crippen molar-refractivity contribution in [1.82, 2.24) is 5.43 Å². The topological polar surface area (TPSA) is 64.3 Å². The number of nitrogens with two attached hydrogens (primary N) is 1. The Hall–Kier alpha value is -1.78. The van der Waals surface area contributed by atoms with Crippen molar-refractivity contribution < 1.29 is 9.53 Å². The highest BCUT2D eigenvalue weighted by Crippen LogP contribution is 2.31. The van der Waals surface area contributed by atoms with Crippen LogP contribution in [0, 0.1) is 0 Å². The predicted molar refractivity (Wildman–Crippen MR) is 76.0 cm³/mol. The molecule has 0 radical (unpaired) electrons. The van der Waals surface area contributed by atoms with E-state index in [-0.39, 0.29) is 5.91 Å². The van der Waals surface area contributed by atoms with Gasteiger partial charge in [0.05, 0.1) is 6.61 Å². The van der Waals surface area contributed by atoms with Crippen molar-refractivity contribution in [3.63, 3.8) is 0 Å². The Bertz CT molecular complexity index is 587. The molecule has 19 heavy (non-hydrogen) atoms. The number of amides is 1. The van der Waals surface area contributed by atoms with Gasteiger partial charge in [-0.05, 0) is 18.6 Å². The SMILES string of the molecule is NNC(=O)CCCOc1ccc(Cl)c2ccccc12. The first-order chi connectivity index (χ1) is 9.22. The summed E-state index contributed by atoms with van der Waals surface area (Å²) in [5, 5.41) is 2.63. The predicted octanol–water partition coefficient (Wildman–Crippen LogP) is 2.64. The molecule has 2 rings (SSSR count). The Kier molecular flexibility index (Phi) is 4.60. The van der Waals surface area contributed by atoms with Crippen LogP contribution in [-0.2, 0) is 4.79 Å². The standard InChI is InChI=1S/C14H15ClN2O2/c15-12-7-8-13(11-5-2-1-4-10(11)12)19-9-3-6-14(18)17-16/h1-2,4-5,7-8H,3,6,9,16H2,(H,17,18). The average Bonchev–Trinajstić information content (AvgIpc) is 2.45. The van der Waals surface area contributed by atoms with Crippen molar-refractivity contribution in [2.24, 2.45) is 5.84 Å². The van der Waals surface area contributed by atoms with Crippen LogP contribution in [0.25, 0.3) is 10.8 Å². The van der Waals surface area contributed by atoms with Gasteiger partial charge in [0.15, 0.2) is 0 Å². The normalized spacial score (nSPS) is 10.4. The van der Waals surface area contributed by atoms with Gasteiger partial charge in [-0.15, -0.1) is 0 Å². The maximum Gasteiger partial charge on any atom is 0.234 e. The van der Waals surface area contributed by atoms with Crippen molar-refractivity contribution in [3.05, 3.63) is 41.4 Å². The summed E-state index contributed by atoms with van der Waals surface area (Å²) in [6.45, 7) is 0.457. The van der Waals surface area contributed by atoms with E-state index in [1.807, 2.05) is 36.4 Å². The number of benzene rings is 2. The molecule has 0 saturated heterocycles. The highest BCUT2D eigenvalue weighted by molar-refractivity contribution is 6.35. The van der Waals surface area contributed by atoms with E-state index in [0.29, 0.717) is 24.5 Å². The van der Waals surface area contributed by atoms with Crippen LogP contribution in [-0.4, -0.2) is 12.5 Å². The molecule has 0 bridgehead atoms. The first-order valence-electron chi connectivity index (χ1n) is 6.02. The Labute approximate surface area is 116 Å². The van der Waals surface area contributed by atoms with Gasteiger partial charge in [-0.2, -0.15) is 0 Å². The molecule has 2 aromatic carbocycles. The van der Waals surface area contributed by atoms with Crippen LogP contribution in [0.1, 0.15) is 12.8 Å². The van der Waals surface area contributed by atoms with Crippen LogP contribution in [0.3, 0.4) is 0 Å². The van der Waals surface area contributed by atoms with Gasteiger partial charge in [-0.25, -0.2) is 5.84 Å². The third-order valence-electron chi connectivity index (χ3n) is 2.80. The van der Waals surface area contributed by atoms with E-state index in [2.05, 4.69) is 5.43 Å². The number of fused-ring (bicyclic) bond motifs is 1. The van der Waals surface area contributed by atoms with Crippen LogP contribution < -0.4 is 16.0 Å². The number of carbonyl (C=O) groups excluding carboxylic acids is 1. The number of hydrogen-bond acceptors (Lipinski definition) is 3. The summed E-state index contributed by atoms with van der Waals surface area (Å²) in [6.07, 6.45) is 0.960. The molecule has 0 aliphatic rings. The van der Waals surface area contributed by atoms with Gasteiger partial charge in [0.1, 0.15) is 5.75 Å².